The second kappa shape index (κ2) is 6.21. The molecule has 2 heteroatoms. The minimum atomic E-state index is 0.254. The molecule has 0 saturated heterocycles. The van der Waals surface area contributed by atoms with Crippen LogP contribution in [0.1, 0.15) is 51.5 Å². The molecule has 1 aromatic rings. The lowest BCUT2D eigenvalue weighted by atomic mass is 9.78. The van der Waals surface area contributed by atoms with Gasteiger partial charge in [-0.2, -0.15) is 0 Å². The van der Waals surface area contributed by atoms with Gasteiger partial charge < -0.3 is 4.90 Å². The van der Waals surface area contributed by atoms with Gasteiger partial charge in [-0.25, -0.2) is 0 Å². The van der Waals surface area contributed by atoms with Crippen molar-refractivity contribution < 1.29 is 4.79 Å². The van der Waals surface area contributed by atoms with Crippen LogP contribution in [0.15, 0.2) is 24.3 Å². The van der Waals surface area contributed by atoms with Crippen molar-refractivity contribution in [3.05, 3.63) is 29.8 Å². The third kappa shape index (κ3) is 3.00. The fourth-order valence-electron chi connectivity index (χ4n) is 4.19. The third-order valence-electron chi connectivity index (χ3n) is 5.33. The van der Waals surface area contributed by atoms with Gasteiger partial charge in [0.15, 0.2) is 0 Å². The summed E-state index contributed by atoms with van der Waals surface area (Å²) in [7, 11) is 0. The van der Waals surface area contributed by atoms with E-state index >= 15 is 0 Å². The summed E-state index contributed by atoms with van der Waals surface area (Å²) in [5.41, 5.74) is 2.80. The molecular formula is C19H27NO. The monoisotopic (exact) mass is 285 g/mol. The number of nitrogens with zero attached hydrogens (tertiary/aromatic N) is 1. The summed E-state index contributed by atoms with van der Waals surface area (Å²) in [5, 5.41) is 0. The number of benzene rings is 1. The molecule has 0 spiro atoms. The summed E-state index contributed by atoms with van der Waals surface area (Å²) in [6.07, 6.45) is 6.69. The van der Waals surface area contributed by atoms with E-state index in [1.54, 1.807) is 0 Å². The number of fused-ring (bicyclic) bond motifs is 1. The molecule has 1 aliphatic carbocycles. The van der Waals surface area contributed by atoms with Crippen LogP contribution >= 0.6 is 0 Å². The topological polar surface area (TPSA) is 20.3 Å². The van der Waals surface area contributed by atoms with Gasteiger partial charge in [0.25, 0.3) is 0 Å². The lowest BCUT2D eigenvalue weighted by Gasteiger charge is -2.34. The Hall–Kier alpha value is -1.31. The van der Waals surface area contributed by atoms with Crippen molar-refractivity contribution in [2.45, 2.75) is 58.4 Å². The Morgan fingerprint density at radius 3 is 2.90 bits per heavy atom. The third-order valence-corrected chi connectivity index (χ3v) is 5.33. The highest BCUT2D eigenvalue weighted by Gasteiger charge is 2.33. The molecule has 0 N–H and O–H groups in total. The zero-order valence-corrected chi connectivity index (χ0v) is 13.3. The zero-order chi connectivity index (χ0) is 14.8. The molecule has 3 rings (SSSR count). The number of ketones is 1. The Morgan fingerprint density at radius 1 is 1.29 bits per heavy atom. The minimum Gasteiger partial charge on any atom is -0.368 e. The fraction of sp³-hybridized carbons (Fsp3) is 0.632. The first-order valence-corrected chi connectivity index (χ1v) is 8.56. The first-order chi connectivity index (χ1) is 10.2. The number of rotatable bonds is 4. The SMILES string of the molecule is CCCC1CCC(=O)C(CN2c3ccccc3CC2C)C1. The molecule has 2 nitrogen and oxygen atoms in total. The average molecular weight is 285 g/mol. The molecule has 3 atom stereocenters. The molecule has 0 bridgehead atoms. The molecule has 1 aliphatic heterocycles. The van der Waals surface area contributed by atoms with E-state index in [1.165, 1.54) is 24.1 Å². The second-order valence-electron chi connectivity index (χ2n) is 6.93. The van der Waals surface area contributed by atoms with Gasteiger partial charge in [0.05, 0.1) is 0 Å². The van der Waals surface area contributed by atoms with Gasteiger partial charge in [-0.15, -0.1) is 0 Å². The number of hydrogen-bond acceptors (Lipinski definition) is 2. The average Bonchev–Trinajstić information content (AvgIpc) is 2.79. The molecule has 0 radical (unpaired) electrons. The summed E-state index contributed by atoms with van der Waals surface area (Å²) in [6.45, 7) is 5.47. The van der Waals surface area contributed by atoms with Crippen LogP contribution in [0.5, 0.6) is 0 Å². The molecule has 2 aliphatic rings. The summed E-state index contributed by atoms with van der Waals surface area (Å²) in [4.78, 5) is 14.8. The van der Waals surface area contributed by atoms with E-state index in [-0.39, 0.29) is 5.92 Å². The predicted octanol–water partition coefficient (Wildman–Crippen LogP) is 4.22. The Morgan fingerprint density at radius 2 is 2.10 bits per heavy atom. The quantitative estimate of drug-likeness (QED) is 0.825. The maximum Gasteiger partial charge on any atom is 0.137 e. The van der Waals surface area contributed by atoms with Gasteiger partial charge in [-0.05, 0) is 43.7 Å². The molecule has 1 aromatic carbocycles. The van der Waals surface area contributed by atoms with Crippen LogP contribution in [0.4, 0.5) is 5.69 Å². The lowest BCUT2D eigenvalue weighted by molar-refractivity contribution is -0.125. The van der Waals surface area contributed by atoms with Crippen molar-refractivity contribution in [2.75, 3.05) is 11.4 Å². The molecule has 1 fully saturated rings. The largest absolute Gasteiger partial charge is 0.368 e. The summed E-state index contributed by atoms with van der Waals surface area (Å²) < 4.78 is 0. The van der Waals surface area contributed by atoms with E-state index in [0.717, 1.165) is 38.1 Å². The maximum atomic E-state index is 12.3. The molecule has 114 valence electrons. The summed E-state index contributed by atoms with van der Waals surface area (Å²) in [5.74, 6) is 1.52. The van der Waals surface area contributed by atoms with Gasteiger partial charge in [0, 0.05) is 30.6 Å². The lowest BCUT2D eigenvalue weighted by Crippen LogP contribution is -2.39. The first-order valence-electron chi connectivity index (χ1n) is 8.56. The predicted molar refractivity (Wildman–Crippen MR) is 87.7 cm³/mol. The first kappa shape index (κ1) is 14.6. The Labute approximate surface area is 128 Å². The Balaban J connectivity index is 1.72. The van der Waals surface area contributed by atoms with Crippen LogP contribution in [-0.2, 0) is 11.2 Å². The molecular weight excluding hydrogens is 258 g/mol. The fourth-order valence-corrected chi connectivity index (χ4v) is 4.19. The van der Waals surface area contributed by atoms with Gasteiger partial charge in [0.1, 0.15) is 5.78 Å². The smallest absolute Gasteiger partial charge is 0.137 e. The van der Waals surface area contributed by atoms with Crippen molar-refractivity contribution in [2.24, 2.45) is 11.8 Å². The van der Waals surface area contributed by atoms with Crippen LogP contribution in [0.25, 0.3) is 0 Å². The highest BCUT2D eigenvalue weighted by atomic mass is 16.1. The van der Waals surface area contributed by atoms with Crippen molar-refractivity contribution in [3.63, 3.8) is 0 Å². The molecule has 1 saturated carbocycles. The molecule has 0 amide bonds. The highest BCUT2D eigenvalue weighted by Crippen LogP contribution is 2.36. The summed E-state index contributed by atoms with van der Waals surface area (Å²) in [6, 6.07) is 9.22. The summed E-state index contributed by atoms with van der Waals surface area (Å²) >= 11 is 0. The van der Waals surface area contributed by atoms with Gasteiger partial charge in [-0.1, -0.05) is 38.0 Å². The van der Waals surface area contributed by atoms with E-state index in [9.17, 15) is 4.79 Å². The molecule has 1 heterocycles. The maximum absolute atomic E-state index is 12.3. The number of para-hydroxylation sites is 1. The van der Waals surface area contributed by atoms with Crippen molar-refractivity contribution in [3.8, 4) is 0 Å². The Bertz CT molecular complexity index is 510. The van der Waals surface area contributed by atoms with Crippen molar-refractivity contribution >= 4 is 11.5 Å². The standard InChI is InChI=1S/C19H27NO/c1-3-6-15-9-10-19(21)17(12-15)13-20-14(2)11-16-7-4-5-8-18(16)20/h4-5,7-8,14-15,17H,3,6,9-13H2,1-2H3. The van der Waals surface area contributed by atoms with Crippen LogP contribution in [0, 0.1) is 11.8 Å². The highest BCUT2D eigenvalue weighted by molar-refractivity contribution is 5.82. The van der Waals surface area contributed by atoms with Gasteiger partial charge in [0.2, 0.25) is 0 Å². The van der Waals surface area contributed by atoms with E-state index < -0.39 is 0 Å². The second-order valence-corrected chi connectivity index (χ2v) is 6.93. The van der Waals surface area contributed by atoms with E-state index in [1.807, 2.05) is 0 Å². The van der Waals surface area contributed by atoms with Crippen LogP contribution in [0.2, 0.25) is 0 Å². The van der Waals surface area contributed by atoms with Crippen LogP contribution in [-0.4, -0.2) is 18.4 Å². The number of Topliss-reactive ketones (excluding diaryl/α,β-unsaturated/α-hetero) is 1. The van der Waals surface area contributed by atoms with E-state index in [2.05, 4.69) is 43.0 Å². The molecule has 3 unspecified atom stereocenters. The number of carbonyl (C=O) groups excluding carboxylic acids is 1. The molecule has 0 aromatic heterocycles. The van der Waals surface area contributed by atoms with Crippen LogP contribution in [0.3, 0.4) is 0 Å². The normalized spacial score (nSPS) is 28.8. The molecule has 21 heavy (non-hydrogen) atoms. The zero-order valence-electron chi connectivity index (χ0n) is 13.3. The number of carbonyl (C=O) groups is 1. The van der Waals surface area contributed by atoms with E-state index in [0.29, 0.717) is 11.8 Å². The van der Waals surface area contributed by atoms with E-state index in [4.69, 9.17) is 0 Å². The van der Waals surface area contributed by atoms with Crippen molar-refractivity contribution in [1.29, 1.82) is 0 Å². The van der Waals surface area contributed by atoms with Gasteiger partial charge >= 0.3 is 0 Å². The Kier molecular flexibility index (Phi) is 4.32. The van der Waals surface area contributed by atoms with Crippen molar-refractivity contribution in [1.82, 2.24) is 0 Å². The number of hydrogen-bond donors (Lipinski definition) is 0. The number of anilines is 1. The van der Waals surface area contributed by atoms with Gasteiger partial charge in [-0.3, -0.25) is 4.79 Å². The van der Waals surface area contributed by atoms with Crippen LogP contribution < -0.4 is 4.90 Å². The minimum absolute atomic E-state index is 0.254.